The quantitative estimate of drug-likeness (QED) is 0.121. The van der Waals surface area contributed by atoms with Crippen LogP contribution >= 0.6 is 7.38 Å². The molecule has 0 aliphatic rings. The van der Waals surface area contributed by atoms with E-state index in [0.29, 0.717) is 0 Å². The first-order valence-corrected chi connectivity index (χ1v) is 13.3. The van der Waals surface area contributed by atoms with Gasteiger partial charge in [0.05, 0.1) is 0 Å². The number of rotatable bonds is 19. The number of hydrogen-bond acceptors (Lipinski definition) is 0. The Bertz CT molecular complexity index is 347. The van der Waals surface area contributed by atoms with Crippen molar-refractivity contribution in [2.75, 3.05) is 12.8 Å². The highest BCUT2D eigenvalue weighted by molar-refractivity contribution is 7.45. The van der Waals surface area contributed by atoms with E-state index in [4.69, 9.17) is 6.13 Å². The Hall–Kier alpha value is -0.180. The summed E-state index contributed by atoms with van der Waals surface area (Å²) in [6.45, 7) is 8.72. The molecule has 0 saturated heterocycles. The van der Waals surface area contributed by atoms with Gasteiger partial charge in [-0.2, -0.15) is 0 Å². The summed E-state index contributed by atoms with van der Waals surface area (Å²) >= 11 is 0. The van der Waals surface area contributed by atoms with E-state index in [0.717, 1.165) is 0 Å². The minimum Gasteiger partial charge on any atom is -0.147 e. The van der Waals surface area contributed by atoms with Gasteiger partial charge in [0, 0.05) is 0 Å². The molecule has 0 rings (SSSR count). The standard InChI is InChI=1S/C24H47P/c1-5-6-7-8-9-10-11-12-13-14-15-16-18-21-24(2)22-19-17-20-23-25(3)4/h3H,2,5-23H2,1,4H3. The third-order valence-corrected chi connectivity index (χ3v) is 6.20. The van der Waals surface area contributed by atoms with Crippen LogP contribution in [0.15, 0.2) is 12.2 Å². The minimum atomic E-state index is -0.179. The molecule has 0 aromatic heterocycles. The molecule has 1 atom stereocenters. The Balaban J connectivity index is 3.15. The van der Waals surface area contributed by atoms with E-state index in [2.05, 4.69) is 20.2 Å². The Labute approximate surface area is 161 Å². The van der Waals surface area contributed by atoms with Gasteiger partial charge in [0.25, 0.3) is 0 Å². The van der Waals surface area contributed by atoms with Crippen LogP contribution in [0.3, 0.4) is 0 Å². The SMILES string of the molecule is C#P(C)CCCCCC(=C)CCCCCCCCCCCCCCC. The van der Waals surface area contributed by atoms with Gasteiger partial charge in [-0.05, 0) is 44.9 Å². The minimum absolute atomic E-state index is 0.179. The molecule has 0 nitrogen and oxygen atoms in total. The van der Waals surface area contributed by atoms with Crippen LogP contribution in [-0.2, 0) is 0 Å². The van der Waals surface area contributed by atoms with E-state index < -0.39 is 0 Å². The van der Waals surface area contributed by atoms with E-state index >= 15 is 0 Å². The fourth-order valence-electron chi connectivity index (χ4n) is 3.43. The summed E-state index contributed by atoms with van der Waals surface area (Å²) in [7, 11) is -0.179. The van der Waals surface area contributed by atoms with E-state index in [9.17, 15) is 0 Å². The average molecular weight is 367 g/mol. The predicted octanol–water partition coefficient (Wildman–Crippen LogP) is 9.29. The van der Waals surface area contributed by atoms with Gasteiger partial charge in [0.2, 0.25) is 0 Å². The molecule has 0 bridgehead atoms. The molecular weight excluding hydrogens is 319 g/mol. The smallest absolute Gasteiger partial charge is 0.0117 e. The highest BCUT2D eigenvalue weighted by Gasteiger charge is 1.97. The van der Waals surface area contributed by atoms with E-state index in [-0.39, 0.29) is 7.38 Å². The molecule has 0 saturated carbocycles. The first-order chi connectivity index (χ1) is 12.2. The Morgan fingerprint density at radius 2 is 1.00 bits per heavy atom. The lowest BCUT2D eigenvalue weighted by molar-refractivity contribution is 0.538. The Morgan fingerprint density at radius 3 is 1.40 bits per heavy atom. The molecule has 0 radical (unpaired) electrons. The van der Waals surface area contributed by atoms with Gasteiger partial charge in [-0.1, -0.05) is 103 Å². The molecular formula is C24H47P. The molecule has 0 aliphatic heterocycles. The maximum Gasteiger partial charge on any atom is -0.0117 e. The molecule has 0 aliphatic carbocycles. The number of allylic oxidation sites excluding steroid dienone is 1. The maximum atomic E-state index is 5.84. The molecule has 25 heavy (non-hydrogen) atoms. The molecule has 0 amide bonds. The first kappa shape index (κ1) is 24.8. The third-order valence-electron chi connectivity index (χ3n) is 5.18. The van der Waals surface area contributed by atoms with Crippen molar-refractivity contribution in [3.8, 4) is 6.13 Å². The third kappa shape index (κ3) is 21.8. The zero-order chi connectivity index (χ0) is 18.6. The Kier molecular flexibility index (Phi) is 20.0. The fourth-order valence-corrected chi connectivity index (χ4v) is 4.15. The van der Waals surface area contributed by atoms with Crippen molar-refractivity contribution >= 4 is 7.38 Å². The van der Waals surface area contributed by atoms with Crippen molar-refractivity contribution in [2.45, 2.75) is 122 Å². The van der Waals surface area contributed by atoms with Crippen LogP contribution in [0, 0.1) is 6.13 Å². The lowest BCUT2D eigenvalue weighted by Gasteiger charge is -2.06. The average Bonchev–Trinajstić information content (AvgIpc) is 2.58. The van der Waals surface area contributed by atoms with Crippen molar-refractivity contribution in [2.24, 2.45) is 0 Å². The van der Waals surface area contributed by atoms with Gasteiger partial charge < -0.3 is 0 Å². The summed E-state index contributed by atoms with van der Waals surface area (Å²) in [6.07, 6.45) is 32.2. The van der Waals surface area contributed by atoms with Gasteiger partial charge in [-0.15, -0.1) is 13.5 Å². The van der Waals surface area contributed by atoms with E-state index in [1.54, 1.807) is 0 Å². The second-order valence-corrected chi connectivity index (χ2v) is 10.00. The largest absolute Gasteiger partial charge is 0.147 e. The van der Waals surface area contributed by atoms with Crippen molar-refractivity contribution in [1.82, 2.24) is 0 Å². The molecule has 1 heteroatoms. The van der Waals surface area contributed by atoms with Gasteiger partial charge in [0.15, 0.2) is 0 Å². The number of hydrogen-bond donors (Lipinski definition) is 0. The van der Waals surface area contributed by atoms with Crippen molar-refractivity contribution in [3.63, 3.8) is 0 Å². The van der Waals surface area contributed by atoms with Crippen LogP contribution in [-0.4, -0.2) is 12.8 Å². The normalized spacial score (nSPS) is 11.6. The molecule has 0 N–H and O–H groups in total. The Morgan fingerprint density at radius 1 is 0.640 bits per heavy atom. The van der Waals surface area contributed by atoms with Crippen LogP contribution in [0.2, 0.25) is 0 Å². The van der Waals surface area contributed by atoms with Crippen molar-refractivity contribution in [1.29, 1.82) is 0 Å². The van der Waals surface area contributed by atoms with Crippen LogP contribution in [0.5, 0.6) is 0 Å². The summed E-state index contributed by atoms with van der Waals surface area (Å²) in [4.78, 5) is 0. The van der Waals surface area contributed by atoms with Gasteiger partial charge in [-0.25, -0.2) is 0 Å². The summed E-state index contributed by atoms with van der Waals surface area (Å²) in [5.74, 6) is 0. The lowest BCUT2D eigenvalue weighted by atomic mass is 10.0. The topological polar surface area (TPSA) is 0 Å². The number of unbranched alkanes of at least 4 members (excludes halogenated alkanes) is 14. The molecule has 1 unspecified atom stereocenters. The van der Waals surface area contributed by atoms with Crippen LogP contribution in [0.1, 0.15) is 122 Å². The second kappa shape index (κ2) is 20.1. The van der Waals surface area contributed by atoms with Crippen LogP contribution in [0.4, 0.5) is 0 Å². The van der Waals surface area contributed by atoms with E-state index in [1.165, 1.54) is 127 Å². The maximum absolute atomic E-state index is 5.84. The summed E-state index contributed by atoms with van der Waals surface area (Å²) in [5.41, 5.74) is 1.48. The molecule has 0 aromatic carbocycles. The fraction of sp³-hybridized carbons (Fsp3) is 0.875. The monoisotopic (exact) mass is 366 g/mol. The summed E-state index contributed by atoms with van der Waals surface area (Å²) < 4.78 is 0. The highest BCUT2D eigenvalue weighted by Crippen LogP contribution is 2.18. The zero-order valence-electron chi connectivity index (χ0n) is 17.7. The van der Waals surface area contributed by atoms with Crippen molar-refractivity contribution in [3.05, 3.63) is 12.2 Å². The van der Waals surface area contributed by atoms with Crippen molar-refractivity contribution < 1.29 is 0 Å². The second-order valence-electron chi connectivity index (χ2n) is 8.03. The predicted molar refractivity (Wildman–Crippen MR) is 121 cm³/mol. The highest BCUT2D eigenvalue weighted by atomic mass is 31.1. The molecule has 148 valence electrons. The molecule has 0 spiro atoms. The van der Waals surface area contributed by atoms with Crippen LogP contribution < -0.4 is 0 Å². The molecule has 0 heterocycles. The first-order valence-electron chi connectivity index (χ1n) is 11.3. The summed E-state index contributed by atoms with van der Waals surface area (Å²) in [5, 5.41) is 0. The lowest BCUT2D eigenvalue weighted by Crippen LogP contribution is -1.87. The molecule has 0 fully saturated rings. The van der Waals surface area contributed by atoms with Gasteiger partial charge in [0.1, 0.15) is 0 Å². The van der Waals surface area contributed by atoms with Gasteiger partial charge >= 0.3 is 0 Å². The zero-order valence-corrected chi connectivity index (χ0v) is 18.6. The van der Waals surface area contributed by atoms with Gasteiger partial charge in [-0.3, -0.25) is 0 Å². The van der Waals surface area contributed by atoms with E-state index in [1.807, 2.05) is 0 Å². The summed E-state index contributed by atoms with van der Waals surface area (Å²) in [6, 6.07) is 0. The molecule has 0 aromatic rings. The van der Waals surface area contributed by atoms with Crippen LogP contribution in [0.25, 0.3) is 0 Å².